The van der Waals surface area contributed by atoms with Gasteiger partial charge in [-0.05, 0) is 147 Å². The smallest absolute Gasteiger partial charge is 0.270 e. The summed E-state index contributed by atoms with van der Waals surface area (Å²) in [6.45, 7) is 21.1. The third-order valence-corrected chi connectivity index (χ3v) is 28.3. The van der Waals surface area contributed by atoms with Crippen LogP contribution in [0.25, 0.3) is 32.7 Å². The van der Waals surface area contributed by atoms with Gasteiger partial charge in [-0.15, -0.1) is 0 Å². The zero-order valence-corrected chi connectivity index (χ0v) is 74.5. The number of hydrogen-bond acceptors (Lipinski definition) is 29. The molecule has 3 saturated heterocycles. The Hall–Kier alpha value is -11.5. The summed E-state index contributed by atoms with van der Waals surface area (Å²) in [5, 5.41) is 32.2. The van der Waals surface area contributed by atoms with Crippen molar-refractivity contribution in [1.29, 1.82) is 0 Å². The average Bonchev–Trinajstić information content (AvgIpc) is 0.808. The lowest BCUT2D eigenvalue weighted by Gasteiger charge is -2.32. The predicted molar refractivity (Wildman–Crippen MR) is 492 cm³/mol. The highest BCUT2D eigenvalue weighted by Crippen LogP contribution is 2.37. The summed E-state index contributed by atoms with van der Waals surface area (Å²) in [6.07, 6.45) is 5.99. The number of nitrogens with one attached hydrogen (secondary N) is 10. The zero-order chi connectivity index (χ0) is 88.5. The number of aromatic nitrogens is 9. The maximum atomic E-state index is 13.1. The first kappa shape index (κ1) is 91.2. The van der Waals surface area contributed by atoms with Crippen LogP contribution in [0.5, 0.6) is 0 Å². The van der Waals surface area contributed by atoms with Gasteiger partial charge in [-0.25, -0.2) is 55.2 Å². The fraction of sp³-hybridized carbons (Fsp3) is 0.310. The van der Waals surface area contributed by atoms with Crippen LogP contribution in [0.4, 0.5) is 69.4 Å². The second-order valence-corrected chi connectivity index (χ2v) is 39.2. The number of piperidine rings is 1. The monoisotopic (exact) mass is 1810 g/mol. The molecule has 32 nitrogen and oxygen atoms in total. The van der Waals surface area contributed by atoms with Gasteiger partial charge in [0.15, 0.2) is 47.0 Å². The van der Waals surface area contributed by atoms with Gasteiger partial charge in [-0.1, -0.05) is 126 Å². The first-order valence-electron chi connectivity index (χ1n) is 40.7. The molecule has 125 heavy (non-hydrogen) atoms. The lowest BCUT2D eigenvalue weighted by molar-refractivity contribution is 0.0383. The van der Waals surface area contributed by atoms with Crippen LogP contribution in [0.1, 0.15) is 85.8 Å². The Morgan fingerprint density at radius 2 is 0.736 bits per heavy atom. The highest BCUT2D eigenvalue weighted by Gasteiger charge is 2.29. The van der Waals surface area contributed by atoms with E-state index in [1.807, 2.05) is 72.8 Å². The van der Waals surface area contributed by atoms with Crippen LogP contribution in [0.2, 0.25) is 15.1 Å². The van der Waals surface area contributed by atoms with Crippen molar-refractivity contribution in [2.75, 3.05) is 131 Å². The van der Waals surface area contributed by atoms with Crippen molar-refractivity contribution in [3.63, 3.8) is 0 Å². The molecular formula is C87H97Cl3N22O10S3. The molecule has 6 aromatic heterocycles. The molecule has 38 heteroatoms. The molecule has 654 valence electrons. The van der Waals surface area contributed by atoms with Crippen molar-refractivity contribution in [1.82, 2.24) is 80.8 Å². The van der Waals surface area contributed by atoms with Crippen LogP contribution >= 0.6 is 34.8 Å². The Morgan fingerprint density at radius 1 is 0.416 bits per heavy atom. The number of halogens is 3. The highest BCUT2D eigenvalue weighted by molar-refractivity contribution is 7.92. The van der Waals surface area contributed by atoms with E-state index in [2.05, 4.69) is 120 Å². The summed E-state index contributed by atoms with van der Waals surface area (Å²) in [4.78, 5) is 86.8. The number of rotatable bonds is 28. The summed E-state index contributed by atoms with van der Waals surface area (Å²) in [5.74, 6) is 0.471. The standard InChI is InChI=1S/C30H35ClN8O3S.C29H32ClN7O4S.C28H30ClN7O3S/c1-20(2)43(41,42)27-11-7-6-10-24(27)35-28-22(31)19-33-30(37-28)36-25-18-26(34-23-9-5-4-8-21(23)25)29(40)32-12-13-39-16-14-38(3)15-17-39;1-19(2)42(39,40)26-10-6-5-9-23(26)34-27-21(30)18-32-29(36-27)35-24-17-25(33-22-8-4-3-7-20(22)24)28(38)31-11-12-37-13-15-41-16-14-37;1-17(2)40(38,39)25-10-6-5-9-22(25)34-26-20(29)16-31-28(36-26)35-23-15-24(33-21-8-4-3-7-19(21)23)27(37)32-18-11-13-30-14-12-18/h4-11,18-20H,12-17H2,1-3H3,(H,32,40)(H2,33,34,35,36,37);3-10,17-19H,11-16H2,1-2H3,(H,31,38)(H2,32,33,34,35,36);3-10,15-18,30H,11-14H2,1-2H3,(H,32,37)(H2,31,33,34,35,36). The number of fused-ring (bicyclic) bond motifs is 3. The summed E-state index contributed by atoms with van der Waals surface area (Å²) in [6, 6.07) is 47.3. The van der Waals surface area contributed by atoms with Crippen molar-refractivity contribution in [3.05, 3.63) is 215 Å². The number of sulfone groups is 3. The van der Waals surface area contributed by atoms with Gasteiger partial charge in [0.1, 0.15) is 32.1 Å². The van der Waals surface area contributed by atoms with Crippen LogP contribution in [0.15, 0.2) is 197 Å². The molecule has 0 saturated carbocycles. The fourth-order valence-corrected chi connectivity index (χ4v) is 17.7. The van der Waals surface area contributed by atoms with E-state index < -0.39 is 45.3 Å². The second kappa shape index (κ2) is 41.5. The normalized spacial score (nSPS) is 14.4. The number of pyridine rings is 3. The van der Waals surface area contributed by atoms with E-state index in [1.54, 1.807) is 133 Å². The van der Waals surface area contributed by atoms with Gasteiger partial charge in [0.05, 0.1) is 113 Å². The maximum absolute atomic E-state index is 13.1. The van der Waals surface area contributed by atoms with Crippen LogP contribution in [-0.2, 0) is 34.2 Å². The molecule has 0 radical (unpaired) electrons. The van der Waals surface area contributed by atoms with Crippen LogP contribution < -0.4 is 53.2 Å². The summed E-state index contributed by atoms with van der Waals surface area (Å²) in [7, 11) is -8.58. The minimum Gasteiger partial charge on any atom is -0.379 e. The molecule has 6 aromatic carbocycles. The minimum atomic E-state index is -3.57. The molecule has 12 aromatic rings. The first-order valence-corrected chi connectivity index (χ1v) is 46.5. The van der Waals surface area contributed by atoms with E-state index in [4.69, 9.17) is 39.5 Å². The summed E-state index contributed by atoms with van der Waals surface area (Å²) < 4.78 is 83.0. The van der Waals surface area contributed by atoms with Gasteiger partial charge in [0, 0.05) is 87.6 Å². The van der Waals surface area contributed by atoms with Gasteiger partial charge in [0.25, 0.3) is 17.7 Å². The van der Waals surface area contributed by atoms with Crippen molar-refractivity contribution >= 4 is 184 Å². The van der Waals surface area contributed by atoms with Gasteiger partial charge >= 0.3 is 0 Å². The molecule has 0 atom stereocenters. The fourth-order valence-electron chi connectivity index (χ4n) is 13.6. The largest absolute Gasteiger partial charge is 0.379 e. The topological polar surface area (TPSA) is 409 Å². The van der Waals surface area contributed by atoms with Gasteiger partial charge in [0.2, 0.25) is 17.8 Å². The van der Waals surface area contributed by atoms with Gasteiger partial charge in [-0.2, -0.15) is 15.0 Å². The molecule has 0 aliphatic carbocycles. The number of amides is 3. The molecule has 3 fully saturated rings. The van der Waals surface area contributed by atoms with E-state index >= 15 is 0 Å². The number of ether oxygens (including phenoxy) is 1. The van der Waals surface area contributed by atoms with Crippen molar-refractivity contribution in [2.24, 2.45) is 0 Å². The van der Waals surface area contributed by atoms with E-state index in [1.165, 1.54) is 18.6 Å². The molecule has 3 aliphatic rings. The molecule has 0 bridgehead atoms. The molecule has 15 rings (SSSR count). The van der Waals surface area contributed by atoms with Crippen molar-refractivity contribution in [3.8, 4) is 0 Å². The van der Waals surface area contributed by atoms with Crippen LogP contribution in [0.3, 0.4) is 0 Å². The Labute approximate surface area is 740 Å². The quantitative estimate of drug-likeness (QED) is 0.0218. The molecule has 3 amide bonds. The summed E-state index contributed by atoms with van der Waals surface area (Å²) in [5.41, 5.74) is 5.52. The molecule has 0 unspecified atom stereocenters. The number of benzene rings is 6. The number of morpholine rings is 1. The molecule has 10 N–H and O–H groups in total. The maximum Gasteiger partial charge on any atom is 0.270 e. The van der Waals surface area contributed by atoms with E-state index in [0.717, 1.165) is 94.4 Å². The van der Waals surface area contributed by atoms with E-state index in [-0.39, 0.29) is 106 Å². The third kappa shape index (κ3) is 23.2. The average molecular weight is 1810 g/mol. The number of anilines is 12. The predicted octanol–water partition coefficient (Wildman–Crippen LogP) is 13.6. The number of carbonyl (C=O) groups is 3. The number of likely N-dealkylation sites (N-methyl/N-ethyl adjacent to an activating group) is 1. The SMILES string of the molecule is CC(C)S(=O)(=O)c1ccccc1Nc1nc(Nc2cc(C(=O)NC3CCNCC3)nc3ccccc23)ncc1Cl.CC(C)S(=O)(=O)c1ccccc1Nc1nc(Nc2cc(C(=O)NCCN3CCN(C)CC3)nc3ccccc23)ncc1Cl.CC(C)S(=O)(=O)c1ccccc1Nc1nc(Nc2cc(C(=O)NCCN3CCOCC3)nc3ccccc23)ncc1Cl. The molecular weight excluding hydrogens is 1720 g/mol. The Morgan fingerprint density at radius 3 is 1.09 bits per heavy atom. The summed E-state index contributed by atoms with van der Waals surface area (Å²) >= 11 is 19.2. The first-order chi connectivity index (χ1) is 60.0. The minimum absolute atomic E-state index is 0.0917. The number of carbonyl (C=O) groups excluding carboxylic acids is 3. The number of para-hydroxylation sites is 6. The van der Waals surface area contributed by atoms with E-state index in [9.17, 15) is 39.6 Å². The van der Waals surface area contributed by atoms with Gasteiger partial charge < -0.3 is 62.8 Å². The van der Waals surface area contributed by atoms with Crippen molar-refractivity contribution < 1.29 is 44.4 Å². The molecule has 9 heterocycles. The van der Waals surface area contributed by atoms with Crippen molar-refractivity contribution in [2.45, 2.75) is 90.9 Å². The zero-order valence-electron chi connectivity index (χ0n) is 69.8. The second-order valence-electron chi connectivity index (χ2n) is 30.5. The number of hydrogen-bond donors (Lipinski definition) is 10. The Balaban J connectivity index is 0.000000161. The molecule has 3 aliphatic heterocycles. The highest BCUT2D eigenvalue weighted by atomic mass is 35.5. The van der Waals surface area contributed by atoms with Gasteiger partial charge in [-0.3, -0.25) is 24.2 Å². The Kier molecular flexibility index (Phi) is 30.3. The number of nitrogens with zero attached hydrogens (tertiary/aromatic N) is 12. The lowest BCUT2D eigenvalue weighted by atomic mass is 10.1. The van der Waals surface area contributed by atoms with Crippen LogP contribution in [0, 0.1) is 0 Å². The van der Waals surface area contributed by atoms with Crippen LogP contribution in [-0.4, -0.2) is 223 Å². The molecule has 0 spiro atoms. The number of piperazine rings is 1. The lowest BCUT2D eigenvalue weighted by Crippen LogP contribution is -2.46. The van der Waals surface area contributed by atoms with E-state index in [0.29, 0.717) is 77.0 Å². The third-order valence-electron chi connectivity index (χ3n) is 20.8. The Bertz CT molecular complexity index is 6270.